The lowest BCUT2D eigenvalue weighted by molar-refractivity contribution is -0.148. The Labute approximate surface area is 184 Å². The topological polar surface area (TPSA) is 101 Å². The van der Waals surface area contributed by atoms with E-state index in [1.807, 2.05) is 26.8 Å². The molecule has 0 heterocycles. The Balaban J connectivity index is 3.46. The Bertz CT molecular complexity index is 845. The quantitative estimate of drug-likeness (QED) is 0.279. The number of rotatable bonds is 6. The summed E-state index contributed by atoms with van der Waals surface area (Å²) in [5.74, 6) is -2.66. The molecular weight excluding hydrogens is 396 g/mol. The highest BCUT2D eigenvalue weighted by molar-refractivity contribution is 6.21. The van der Waals surface area contributed by atoms with Crippen molar-refractivity contribution >= 4 is 17.7 Å². The number of carboxylic acid groups (broad SMARTS) is 1. The Kier molecular flexibility index (Phi) is 9.38. The first-order chi connectivity index (χ1) is 14.3. The SMILES string of the molecule is CC(C)=CCC[C@]1(C)/C=C/[C@@H](OC(=O)C=C(C)C)[C@](C)(O)/C=C/C(=O)/C(C(=O)O)=C\C1. The molecule has 0 unspecified atom stereocenters. The van der Waals surface area contributed by atoms with Crippen LogP contribution in [0.3, 0.4) is 0 Å². The molecule has 170 valence electrons. The first-order valence-electron chi connectivity index (χ1n) is 10.3. The summed E-state index contributed by atoms with van der Waals surface area (Å²) >= 11 is 0. The third kappa shape index (κ3) is 8.89. The highest BCUT2D eigenvalue weighted by Gasteiger charge is 2.33. The summed E-state index contributed by atoms with van der Waals surface area (Å²) in [6.45, 7) is 10.9. The van der Waals surface area contributed by atoms with Gasteiger partial charge >= 0.3 is 11.9 Å². The zero-order chi connectivity index (χ0) is 23.8. The van der Waals surface area contributed by atoms with E-state index in [4.69, 9.17) is 4.74 Å². The molecule has 1 aliphatic carbocycles. The zero-order valence-electron chi connectivity index (χ0n) is 19.3. The molecule has 0 spiro atoms. The molecule has 0 aliphatic heterocycles. The largest absolute Gasteiger partial charge is 0.478 e. The van der Waals surface area contributed by atoms with E-state index in [0.29, 0.717) is 12.8 Å². The fraction of sp³-hybridized carbons (Fsp3) is 0.480. The minimum absolute atomic E-state index is 0.304. The van der Waals surface area contributed by atoms with E-state index in [-0.39, 0.29) is 5.57 Å². The molecule has 6 nitrogen and oxygen atoms in total. The van der Waals surface area contributed by atoms with E-state index in [9.17, 15) is 24.6 Å². The monoisotopic (exact) mass is 430 g/mol. The van der Waals surface area contributed by atoms with E-state index in [1.165, 1.54) is 30.7 Å². The standard InChI is InChI=1S/C25H34O6/c1-17(2)8-7-12-24(5)13-9-19(23(28)29)20(26)10-15-25(6,30)21(11-14-24)31-22(27)16-18(3)4/h8-11,14-16,21,30H,7,12-13H2,1-6H3,(H,28,29)/b14-11+,15-10+,19-9+/t21-,24+,25-/m1/s1. The second-order valence-corrected chi connectivity index (χ2v) is 8.96. The van der Waals surface area contributed by atoms with Gasteiger partial charge in [0.2, 0.25) is 0 Å². The van der Waals surface area contributed by atoms with Gasteiger partial charge in [0.15, 0.2) is 11.9 Å². The van der Waals surface area contributed by atoms with Crippen molar-refractivity contribution in [2.24, 2.45) is 5.41 Å². The maximum atomic E-state index is 12.5. The first kappa shape index (κ1) is 26.3. The highest BCUT2D eigenvalue weighted by Crippen LogP contribution is 2.33. The van der Waals surface area contributed by atoms with E-state index in [2.05, 4.69) is 6.08 Å². The van der Waals surface area contributed by atoms with Crippen LogP contribution in [0.2, 0.25) is 0 Å². The molecule has 0 aromatic heterocycles. The van der Waals surface area contributed by atoms with Crippen molar-refractivity contribution in [3.8, 4) is 0 Å². The fourth-order valence-electron chi connectivity index (χ4n) is 3.07. The summed E-state index contributed by atoms with van der Waals surface area (Å²) in [6, 6.07) is 0. The molecule has 0 saturated carbocycles. The number of hydrogen-bond acceptors (Lipinski definition) is 5. The maximum Gasteiger partial charge on any atom is 0.339 e. The van der Waals surface area contributed by atoms with Crippen LogP contribution in [-0.4, -0.2) is 39.6 Å². The zero-order valence-corrected chi connectivity index (χ0v) is 19.3. The third-order valence-corrected chi connectivity index (χ3v) is 5.01. The fourth-order valence-corrected chi connectivity index (χ4v) is 3.07. The number of aliphatic carboxylic acids is 1. The number of esters is 1. The van der Waals surface area contributed by atoms with Crippen molar-refractivity contribution < 1.29 is 29.3 Å². The van der Waals surface area contributed by atoms with Gasteiger partial charge in [-0.15, -0.1) is 0 Å². The van der Waals surface area contributed by atoms with Crippen LogP contribution < -0.4 is 0 Å². The van der Waals surface area contributed by atoms with Gasteiger partial charge in [0.25, 0.3) is 0 Å². The lowest BCUT2D eigenvalue weighted by Crippen LogP contribution is -2.39. The normalized spacial score (nSPS) is 30.1. The molecule has 0 aromatic carbocycles. The number of carboxylic acids is 1. The number of hydrogen-bond donors (Lipinski definition) is 2. The van der Waals surface area contributed by atoms with Gasteiger partial charge in [-0.3, -0.25) is 4.79 Å². The highest BCUT2D eigenvalue weighted by atomic mass is 16.6. The smallest absolute Gasteiger partial charge is 0.339 e. The van der Waals surface area contributed by atoms with E-state index >= 15 is 0 Å². The van der Waals surface area contributed by atoms with Crippen molar-refractivity contribution in [1.29, 1.82) is 0 Å². The summed E-state index contributed by atoms with van der Waals surface area (Å²) in [6.07, 6.45) is 11.1. The second-order valence-electron chi connectivity index (χ2n) is 8.96. The molecule has 1 aliphatic rings. The van der Waals surface area contributed by atoms with Gasteiger partial charge in [-0.1, -0.05) is 36.3 Å². The molecule has 0 radical (unpaired) electrons. The Hall–Kier alpha value is -2.73. The van der Waals surface area contributed by atoms with Crippen LogP contribution in [0.4, 0.5) is 0 Å². The molecule has 0 bridgehead atoms. The van der Waals surface area contributed by atoms with Crippen LogP contribution >= 0.6 is 0 Å². The van der Waals surface area contributed by atoms with Crippen LogP contribution in [-0.2, 0) is 19.1 Å². The average molecular weight is 431 g/mol. The van der Waals surface area contributed by atoms with Crippen LogP contribution in [0, 0.1) is 5.41 Å². The van der Waals surface area contributed by atoms with E-state index in [1.54, 1.807) is 19.9 Å². The van der Waals surface area contributed by atoms with Crippen molar-refractivity contribution in [2.45, 2.75) is 72.5 Å². The number of ether oxygens (including phenoxy) is 1. The third-order valence-electron chi connectivity index (χ3n) is 5.01. The molecule has 0 fully saturated rings. The van der Waals surface area contributed by atoms with Crippen LogP contribution in [0.15, 0.2) is 59.3 Å². The lowest BCUT2D eigenvalue weighted by Gasteiger charge is -2.29. The first-order valence-corrected chi connectivity index (χ1v) is 10.3. The summed E-state index contributed by atoms with van der Waals surface area (Å²) < 4.78 is 5.48. The van der Waals surface area contributed by atoms with Gasteiger partial charge in [0, 0.05) is 6.08 Å². The molecule has 1 rings (SSSR count). The molecule has 2 N–H and O–H groups in total. The summed E-state index contributed by atoms with van der Waals surface area (Å²) in [4.78, 5) is 36.3. The Morgan fingerprint density at radius 3 is 2.35 bits per heavy atom. The molecule has 0 aromatic rings. The molecule has 0 saturated heterocycles. The summed E-state index contributed by atoms with van der Waals surface area (Å²) in [7, 11) is 0. The number of ketones is 1. The predicted octanol–water partition coefficient (Wildman–Crippen LogP) is 4.46. The van der Waals surface area contributed by atoms with Crippen molar-refractivity contribution in [3.63, 3.8) is 0 Å². The molecule has 6 heteroatoms. The average Bonchev–Trinajstić information content (AvgIpc) is 2.63. The van der Waals surface area contributed by atoms with Gasteiger partial charge in [-0.2, -0.15) is 0 Å². The summed E-state index contributed by atoms with van der Waals surface area (Å²) in [5.41, 5.74) is -0.672. The van der Waals surface area contributed by atoms with E-state index < -0.39 is 34.8 Å². The molecule has 0 amide bonds. The molecule has 31 heavy (non-hydrogen) atoms. The maximum absolute atomic E-state index is 12.5. The van der Waals surface area contributed by atoms with Gasteiger partial charge in [-0.25, -0.2) is 9.59 Å². The van der Waals surface area contributed by atoms with Crippen LogP contribution in [0.25, 0.3) is 0 Å². The Morgan fingerprint density at radius 2 is 1.81 bits per heavy atom. The Morgan fingerprint density at radius 1 is 1.16 bits per heavy atom. The van der Waals surface area contributed by atoms with E-state index in [0.717, 1.165) is 18.1 Å². The minimum atomic E-state index is -1.72. The molecule has 3 atom stereocenters. The van der Waals surface area contributed by atoms with Crippen molar-refractivity contribution in [1.82, 2.24) is 0 Å². The molecular formula is C25H34O6. The second kappa shape index (κ2) is 11.0. The van der Waals surface area contributed by atoms with Crippen LogP contribution in [0.5, 0.6) is 0 Å². The number of carbonyl (C=O) groups is 3. The number of aliphatic hydroxyl groups is 1. The number of allylic oxidation sites excluding steroid dienone is 6. The van der Waals surface area contributed by atoms with Crippen molar-refractivity contribution in [2.75, 3.05) is 0 Å². The van der Waals surface area contributed by atoms with Gasteiger partial charge in [0.1, 0.15) is 11.2 Å². The predicted molar refractivity (Wildman–Crippen MR) is 120 cm³/mol. The summed E-state index contributed by atoms with van der Waals surface area (Å²) in [5, 5.41) is 20.4. The number of carbonyl (C=O) groups excluding carboxylic acids is 2. The van der Waals surface area contributed by atoms with Gasteiger partial charge in [-0.05, 0) is 77.5 Å². The minimum Gasteiger partial charge on any atom is -0.478 e. The van der Waals surface area contributed by atoms with Gasteiger partial charge in [0.05, 0.1) is 0 Å². The van der Waals surface area contributed by atoms with Crippen molar-refractivity contribution in [3.05, 3.63) is 59.3 Å². The van der Waals surface area contributed by atoms with Crippen LogP contribution in [0.1, 0.15) is 60.8 Å². The van der Waals surface area contributed by atoms with Gasteiger partial charge < -0.3 is 14.9 Å². The lowest BCUT2D eigenvalue weighted by atomic mass is 9.80.